The van der Waals surface area contributed by atoms with Crippen LogP contribution in [0.25, 0.3) is 11.4 Å². The zero-order chi connectivity index (χ0) is 19.7. The van der Waals surface area contributed by atoms with Gasteiger partial charge in [-0.3, -0.25) is 19.4 Å². The van der Waals surface area contributed by atoms with Gasteiger partial charge in [0.25, 0.3) is 11.8 Å². The van der Waals surface area contributed by atoms with Gasteiger partial charge in [-0.15, -0.1) is 12.8 Å². The molecule has 2 aromatic carbocycles. The highest BCUT2D eigenvalue weighted by Gasteiger charge is 2.48. The molecule has 0 spiro atoms. The maximum absolute atomic E-state index is 13.3. The third-order valence-corrected chi connectivity index (χ3v) is 4.77. The molecule has 134 valence electrons. The number of amides is 2. The lowest BCUT2D eigenvalue weighted by Gasteiger charge is -2.23. The lowest BCUT2D eigenvalue weighted by atomic mass is 10.0. The molecule has 4 rings (SSSR count). The molecule has 0 aliphatic carbocycles. The van der Waals surface area contributed by atoms with Crippen LogP contribution in [0.5, 0.6) is 0 Å². The van der Waals surface area contributed by atoms with Gasteiger partial charge in [0.15, 0.2) is 0 Å². The van der Waals surface area contributed by atoms with E-state index in [9.17, 15) is 9.59 Å². The fourth-order valence-corrected chi connectivity index (χ4v) is 3.67. The van der Waals surface area contributed by atoms with Crippen LogP contribution < -0.4 is 0 Å². The van der Waals surface area contributed by atoms with Gasteiger partial charge in [0, 0.05) is 0 Å². The highest BCUT2D eigenvalue weighted by molar-refractivity contribution is 6.30. The molecule has 0 fully saturated rings. The van der Waals surface area contributed by atoms with Crippen molar-refractivity contribution in [2.75, 3.05) is 13.1 Å². The van der Waals surface area contributed by atoms with Crippen molar-refractivity contribution in [3.05, 3.63) is 82.9 Å². The molecular weight excluding hydrogens is 348 g/mol. The molecule has 4 heteroatoms. The summed E-state index contributed by atoms with van der Waals surface area (Å²) in [7, 11) is 0. The normalized spacial score (nSPS) is 15.8. The highest BCUT2D eigenvalue weighted by atomic mass is 16.2. The number of fused-ring (bicyclic) bond motifs is 1. The van der Waals surface area contributed by atoms with Gasteiger partial charge in [-0.05, 0) is 11.1 Å². The van der Waals surface area contributed by atoms with Crippen molar-refractivity contribution in [1.82, 2.24) is 9.80 Å². The average molecular weight is 364 g/mol. The van der Waals surface area contributed by atoms with E-state index in [1.54, 1.807) is 0 Å². The predicted octanol–water partition coefficient (Wildman–Crippen LogP) is 2.76. The summed E-state index contributed by atoms with van der Waals surface area (Å²) in [4.78, 5) is 29.7. The van der Waals surface area contributed by atoms with E-state index >= 15 is 0 Å². The topological polar surface area (TPSA) is 40.6 Å². The van der Waals surface area contributed by atoms with Crippen LogP contribution in [0.3, 0.4) is 0 Å². The third kappa shape index (κ3) is 2.52. The summed E-state index contributed by atoms with van der Waals surface area (Å²) in [5.41, 5.74) is 3.33. The number of carbonyl (C=O) groups excluding carboxylic acids is 2. The van der Waals surface area contributed by atoms with Crippen LogP contribution in [-0.4, -0.2) is 34.7 Å². The quantitative estimate of drug-likeness (QED) is 0.783. The first-order valence-electron chi connectivity index (χ1n) is 8.79. The minimum atomic E-state index is -0.279. The van der Waals surface area contributed by atoms with E-state index in [-0.39, 0.29) is 24.9 Å². The molecule has 2 amide bonds. The first-order valence-corrected chi connectivity index (χ1v) is 8.79. The first kappa shape index (κ1) is 17.4. The summed E-state index contributed by atoms with van der Waals surface area (Å²) in [5.74, 6) is 4.49. The number of benzene rings is 2. The number of hydrogen-bond donors (Lipinski definition) is 0. The molecule has 0 atom stereocenters. The second-order valence-electron chi connectivity index (χ2n) is 6.37. The minimum absolute atomic E-state index is 0.0839. The zero-order valence-electron chi connectivity index (χ0n) is 15.1. The number of carbonyl (C=O) groups is 2. The predicted molar refractivity (Wildman–Crippen MR) is 108 cm³/mol. The van der Waals surface area contributed by atoms with Gasteiger partial charge in [0.1, 0.15) is 0 Å². The Morgan fingerprint density at radius 2 is 1.00 bits per heavy atom. The second kappa shape index (κ2) is 6.95. The van der Waals surface area contributed by atoms with E-state index in [2.05, 4.69) is 11.8 Å². The molecule has 0 bridgehead atoms. The number of terminal acetylenes is 2. The number of rotatable bonds is 4. The monoisotopic (exact) mass is 364 g/mol. The summed E-state index contributed by atoms with van der Waals surface area (Å²) in [6.07, 6.45) is 11.0. The van der Waals surface area contributed by atoms with Crippen molar-refractivity contribution in [3.8, 4) is 24.7 Å². The van der Waals surface area contributed by atoms with E-state index < -0.39 is 0 Å². The van der Waals surface area contributed by atoms with Crippen LogP contribution in [-0.2, 0) is 9.59 Å². The molecule has 2 aromatic rings. The Balaban J connectivity index is 2.03. The average Bonchev–Trinajstić information content (AvgIpc) is 3.17. The van der Waals surface area contributed by atoms with Crippen LogP contribution in [0.15, 0.2) is 71.8 Å². The van der Waals surface area contributed by atoms with E-state index in [1.807, 2.05) is 60.7 Å². The van der Waals surface area contributed by atoms with Gasteiger partial charge in [-0.1, -0.05) is 72.5 Å². The van der Waals surface area contributed by atoms with E-state index in [0.717, 1.165) is 11.1 Å². The SMILES string of the molecule is C#CCN1C(=O)C2=C(c3ccccc3)N(CC#C)C(=O)C2=C1c1ccccc1. The second-order valence-corrected chi connectivity index (χ2v) is 6.37. The smallest absolute Gasteiger partial charge is 0.262 e. The van der Waals surface area contributed by atoms with Gasteiger partial charge in [0.2, 0.25) is 0 Å². The minimum Gasteiger partial charge on any atom is -0.295 e. The Kier molecular flexibility index (Phi) is 4.32. The fourth-order valence-electron chi connectivity index (χ4n) is 3.67. The molecule has 2 heterocycles. The van der Waals surface area contributed by atoms with Crippen molar-refractivity contribution in [2.24, 2.45) is 0 Å². The number of nitrogens with zero attached hydrogens (tertiary/aromatic N) is 2. The molecule has 0 aromatic heterocycles. The molecule has 2 aliphatic rings. The summed E-state index contributed by atoms with van der Waals surface area (Å²) < 4.78 is 0. The van der Waals surface area contributed by atoms with Crippen LogP contribution in [0.2, 0.25) is 0 Å². The van der Waals surface area contributed by atoms with Crippen LogP contribution in [0.1, 0.15) is 11.1 Å². The molecule has 0 saturated heterocycles. The maximum Gasteiger partial charge on any atom is 0.262 e. The molecular formula is C24H16N2O2. The van der Waals surface area contributed by atoms with Crippen molar-refractivity contribution in [2.45, 2.75) is 0 Å². The third-order valence-electron chi connectivity index (χ3n) is 4.77. The van der Waals surface area contributed by atoms with Gasteiger partial charge in [0.05, 0.1) is 35.6 Å². The van der Waals surface area contributed by atoms with E-state index in [4.69, 9.17) is 12.8 Å². The molecule has 2 aliphatic heterocycles. The largest absolute Gasteiger partial charge is 0.295 e. The molecule has 0 saturated carbocycles. The maximum atomic E-state index is 13.3. The molecule has 28 heavy (non-hydrogen) atoms. The lowest BCUT2D eigenvalue weighted by Crippen LogP contribution is -2.30. The first-order chi connectivity index (χ1) is 13.7. The van der Waals surface area contributed by atoms with Gasteiger partial charge < -0.3 is 0 Å². The van der Waals surface area contributed by atoms with Crippen molar-refractivity contribution < 1.29 is 9.59 Å². The molecule has 0 unspecified atom stereocenters. The standard InChI is InChI=1S/C24H16N2O2/c1-3-15-25-21(17-11-7-5-8-12-17)19-20(23(25)27)22(18-13-9-6-10-14-18)26(16-4-2)24(19)28/h1-2,5-14H,15-16H2. The molecule has 0 N–H and O–H groups in total. The van der Waals surface area contributed by atoms with Crippen LogP contribution >= 0.6 is 0 Å². The van der Waals surface area contributed by atoms with Crippen molar-refractivity contribution >= 4 is 23.2 Å². The Morgan fingerprint density at radius 1 is 0.643 bits per heavy atom. The van der Waals surface area contributed by atoms with Crippen LogP contribution in [0.4, 0.5) is 0 Å². The van der Waals surface area contributed by atoms with Gasteiger partial charge in [-0.2, -0.15) is 0 Å². The lowest BCUT2D eigenvalue weighted by molar-refractivity contribution is -0.123. The zero-order valence-corrected chi connectivity index (χ0v) is 15.1. The van der Waals surface area contributed by atoms with E-state index in [0.29, 0.717) is 22.5 Å². The van der Waals surface area contributed by atoms with Crippen LogP contribution in [0, 0.1) is 24.7 Å². The van der Waals surface area contributed by atoms with Crippen molar-refractivity contribution in [1.29, 1.82) is 0 Å². The fraction of sp³-hybridized carbons (Fsp3) is 0.0833. The Labute approximate surface area is 163 Å². The van der Waals surface area contributed by atoms with Gasteiger partial charge in [-0.25, -0.2) is 0 Å². The molecule has 4 nitrogen and oxygen atoms in total. The summed E-state index contributed by atoms with van der Waals surface area (Å²) in [6.45, 7) is 0.168. The highest BCUT2D eigenvalue weighted by Crippen LogP contribution is 2.46. The molecule has 0 radical (unpaired) electrons. The number of hydrogen-bond acceptors (Lipinski definition) is 2. The van der Waals surface area contributed by atoms with E-state index in [1.165, 1.54) is 9.80 Å². The van der Waals surface area contributed by atoms with Gasteiger partial charge >= 0.3 is 0 Å². The summed E-state index contributed by atoms with van der Waals surface area (Å²) >= 11 is 0. The Hall–Kier alpha value is -4.02. The summed E-state index contributed by atoms with van der Waals surface area (Å²) in [5, 5.41) is 0. The summed E-state index contributed by atoms with van der Waals surface area (Å²) in [6, 6.07) is 18.7. The Morgan fingerprint density at radius 3 is 1.32 bits per heavy atom. The van der Waals surface area contributed by atoms with Crippen molar-refractivity contribution in [3.63, 3.8) is 0 Å². The Bertz CT molecular complexity index is 1020.